The van der Waals surface area contributed by atoms with Gasteiger partial charge in [0.25, 0.3) is 5.56 Å². The maximum atomic E-state index is 12.6. The fraction of sp³-hybridized carbons (Fsp3) is 0.350. The Morgan fingerprint density at radius 2 is 2.00 bits per heavy atom. The number of amides is 1. The Kier molecular flexibility index (Phi) is 4.80. The van der Waals surface area contributed by atoms with Crippen LogP contribution in [0.4, 0.5) is 0 Å². The van der Waals surface area contributed by atoms with E-state index in [1.54, 1.807) is 0 Å². The van der Waals surface area contributed by atoms with E-state index < -0.39 is 0 Å². The van der Waals surface area contributed by atoms with Gasteiger partial charge in [-0.25, -0.2) is 4.98 Å². The quantitative estimate of drug-likeness (QED) is 0.729. The summed E-state index contributed by atoms with van der Waals surface area (Å²) in [6.45, 7) is 6.69. The molecule has 1 aromatic carbocycles. The Bertz CT molecular complexity index is 1120. The summed E-state index contributed by atoms with van der Waals surface area (Å²) in [5, 5.41) is 3.53. The van der Waals surface area contributed by atoms with Gasteiger partial charge in [-0.1, -0.05) is 6.07 Å². The molecule has 0 radical (unpaired) electrons. The van der Waals surface area contributed by atoms with Crippen molar-refractivity contribution < 1.29 is 14.3 Å². The summed E-state index contributed by atoms with van der Waals surface area (Å²) in [4.78, 5) is 30.2. The number of rotatable bonds is 4. The molecule has 0 aliphatic carbocycles. The highest BCUT2D eigenvalue weighted by Gasteiger charge is 2.18. The van der Waals surface area contributed by atoms with Crippen molar-refractivity contribution in [3.05, 3.63) is 51.4 Å². The van der Waals surface area contributed by atoms with Gasteiger partial charge >= 0.3 is 0 Å². The molecule has 3 aromatic rings. The summed E-state index contributed by atoms with van der Waals surface area (Å²) < 4.78 is 12.6. The smallest absolute Gasteiger partial charge is 0.270 e. The molecule has 0 fully saturated rings. The van der Waals surface area contributed by atoms with E-state index in [2.05, 4.69) is 10.3 Å². The zero-order valence-corrected chi connectivity index (χ0v) is 16.8. The molecule has 28 heavy (non-hydrogen) atoms. The van der Waals surface area contributed by atoms with Crippen LogP contribution in [0.2, 0.25) is 0 Å². The Morgan fingerprint density at radius 1 is 1.25 bits per heavy atom. The molecule has 1 N–H and O–H groups in total. The molecule has 7 nitrogen and oxygen atoms in total. The van der Waals surface area contributed by atoms with Crippen molar-refractivity contribution in [1.29, 1.82) is 0 Å². The molecule has 1 atom stereocenters. The molecule has 0 saturated carbocycles. The van der Waals surface area contributed by atoms with Crippen molar-refractivity contribution in [1.82, 2.24) is 14.3 Å². The number of hydrogen-bond acceptors (Lipinski definition) is 6. The molecule has 1 aliphatic heterocycles. The van der Waals surface area contributed by atoms with E-state index in [-0.39, 0.29) is 24.1 Å². The van der Waals surface area contributed by atoms with Crippen LogP contribution in [-0.4, -0.2) is 28.1 Å². The zero-order chi connectivity index (χ0) is 19.8. The summed E-state index contributed by atoms with van der Waals surface area (Å²) in [7, 11) is 0. The molecular weight excluding hydrogens is 378 g/mol. The minimum absolute atomic E-state index is 0.0345. The largest absolute Gasteiger partial charge is 0.486 e. The van der Waals surface area contributed by atoms with Gasteiger partial charge in [-0.3, -0.25) is 13.5 Å². The summed E-state index contributed by atoms with van der Waals surface area (Å²) >= 11 is 1.22. The number of aromatic nitrogens is 2. The van der Waals surface area contributed by atoms with Crippen molar-refractivity contribution in [2.45, 2.75) is 33.4 Å². The molecule has 146 valence electrons. The molecular formula is C20H21N3O4S. The summed E-state index contributed by atoms with van der Waals surface area (Å²) in [5.74, 6) is 1.16. The van der Waals surface area contributed by atoms with Crippen LogP contribution < -0.4 is 20.3 Å². The second kappa shape index (κ2) is 7.27. The standard InChI is InChI=1S/C20H21N3O4S/c1-11-8-12(2)21-19-18(11)20(25)23(28-19)10-17(24)22-13(3)14-4-5-15-16(9-14)27-7-6-26-15/h4-5,8-9,13H,6-7,10H2,1-3H3,(H,22,24). The number of aryl methyl sites for hydroxylation is 2. The normalized spacial score (nSPS) is 14.1. The van der Waals surface area contributed by atoms with Gasteiger partial charge in [-0.05, 0) is 61.6 Å². The number of benzene rings is 1. The van der Waals surface area contributed by atoms with E-state index in [9.17, 15) is 9.59 Å². The lowest BCUT2D eigenvalue weighted by Gasteiger charge is -2.21. The number of fused-ring (bicyclic) bond motifs is 2. The van der Waals surface area contributed by atoms with Gasteiger partial charge in [0, 0.05) is 5.69 Å². The van der Waals surface area contributed by atoms with Gasteiger partial charge in [0.2, 0.25) is 5.91 Å². The van der Waals surface area contributed by atoms with Gasteiger partial charge in [0.15, 0.2) is 11.5 Å². The topological polar surface area (TPSA) is 82.5 Å². The Morgan fingerprint density at radius 3 is 2.79 bits per heavy atom. The third-order valence-electron chi connectivity index (χ3n) is 4.68. The Hall–Kier alpha value is -2.87. The van der Waals surface area contributed by atoms with E-state index in [0.29, 0.717) is 34.9 Å². The first-order chi connectivity index (χ1) is 13.4. The van der Waals surface area contributed by atoms with Crippen LogP contribution in [0.25, 0.3) is 10.2 Å². The minimum atomic E-state index is -0.231. The van der Waals surface area contributed by atoms with Crippen molar-refractivity contribution >= 4 is 27.7 Å². The highest BCUT2D eigenvalue weighted by Crippen LogP contribution is 2.32. The lowest BCUT2D eigenvalue weighted by atomic mass is 10.1. The first-order valence-corrected chi connectivity index (χ1v) is 9.86. The highest BCUT2D eigenvalue weighted by molar-refractivity contribution is 7.13. The zero-order valence-electron chi connectivity index (χ0n) is 15.9. The maximum absolute atomic E-state index is 12.6. The van der Waals surface area contributed by atoms with E-state index in [4.69, 9.17) is 9.47 Å². The summed E-state index contributed by atoms with van der Waals surface area (Å²) in [5.41, 5.74) is 2.48. The first-order valence-electron chi connectivity index (χ1n) is 9.09. The van der Waals surface area contributed by atoms with E-state index >= 15 is 0 Å². The highest BCUT2D eigenvalue weighted by atomic mass is 32.1. The maximum Gasteiger partial charge on any atom is 0.270 e. The number of nitrogens with zero attached hydrogens (tertiary/aromatic N) is 2. The predicted octanol–water partition coefficient (Wildman–Crippen LogP) is 2.72. The van der Waals surface area contributed by atoms with Crippen molar-refractivity contribution in [2.75, 3.05) is 13.2 Å². The molecule has 2 aromatic heterocycles. The average Bonchev–Trinajstić information content (AvgIpc) is 2.96. The molecule has 0 saturated heterocycles. The SMILES string of the molecule is Cc1cc(C)c2c(=O)n(CC(=O)NC(C)c3ccc4c(c3)OCCO4)sc2n1. The van der Waals surface area contributed by atoms with Crippen LogP contribution in [0.3, 0.4) is 0 Å². The molecule has 0 spiro atoms. The number of ether oxygens (including phenoxy) is 2. The fourth-order valence-electron chi connectivity index (χ4n) is 3.33. The third-order valence-corrected chi connectivity index (χ3v) is 5.66. The Balaban J connectivity index is 1.50. The fourth-order valence-corrected chi connectivity index (χ4v) is 4.42. The van der Waals surface area contributed by atoms with Gasteiger partial charge in [-0.15, -0.1) is 0 Å². The molecule has 0 bridgehead atoms. The van der Waals surface area contributed by atoms with Crippen LogP contribution in [0.15, 0.2) is 29.1 Å². The number of carbonyl (C=O) groups excluding carboxylic acids is 1. The number of pyridine rings is 1. The number of carbonyl (C=O) groups is 1. The molecule has 8 heteroatoms. The molecule has 1 amide bonds. The van der Waals surface area contributed by atoms with Gasteiger partial charge < -0.3 is 14.8 Å². The average molecular weight is 399 g/mol. The lowest BCUT2D eigenvalue weighted by Crippen LogP contribution is -2.32. The molecule has 1 unspecified atom stereocenters. The van der Waals surface area contributed by atoms with Gasteiger partial charge in [0.1, 0.15) is 24.6 Å². The first kappa shape index (κ1) is 18.5. The van der Waals surface area contributed by atoms with Gasteiger partial charge in [-0.2, -0.15) is 0 Å². The second-order valence-corrected chi connectivity index (χ2v) is 7.90. The summed E-state index contributed by atoms with van der Waals surface area (Å²) in [6.07, 6.45) is 0. The van der Waals surface area contributed by atoms with Crippen molar-refractivity contribution in [2.24, 2.45) is 0 Å². The minimum Gasteiger partial charge on any atom is -0.486 e. The third kappa shape index (κ3) is 3.47. The second-order valence-electron chi connectivity index (χ2n) is 6.89. The van der Waals surface area contributed by atoms with Crippen LogP contribution >= 0.6 is 11.5 Å². The van der Waals surface area contributed by atoms with Crippen molar-refractivity contribution in [3.8, 4) is 11.5 Å². The number of hydrogen-bond donors (Lipinski definition) is 1. The van der Waals surface area contributed by atoms with E-state index in [1.165, 1.54) is 15.5 Å². The van der Waals surface area contributed by atoms with Crippen molar-refractivity contribution in [3.63, 3.8) is 0 Å². The van der Waals surface area contributed by atoms with Gasteiger partial charge in [0.05, 0.1) is 11.4 Å². The monoisotopic (exact) mass is 399 g/mol. The number of nitrogens with one attached hydrogen (secondary N) is 1. The van der Waals surface area contributed by atoms with E-state index in [0.717, 1.165) is 16.8 Å². The lowest BCUT2D eigenvalue weighted by molar-refractivity contribution is -0.122. The molecule has 4 rings (SSSR count). The predicted molar refractivity (Wildman–Crippen MR) is 107 cm³/mol. The molecule has 1 aliphatic rings. The van der Waals surface area contributed by atoms with Crippen LogP contribution in [0, 0.1) is 13.8 Å². The van der Waals surface area contributed by atoms with Crippen LogP contribution in [0.5, 0.6) is 11.5 Å². The molecule has 3 heterocycles. The van der Waals surface area contributed by atoms with E-state index in [1.807, 2.05) is 45.0 Å². The van der Waals surface area contributed by atoms with Crippen LogP contribution in [0.1, 0.15) is 29.8 Å². The van der Waals surface area contributed by atoms with Crippen LogP contribution in [-0.2, 0) is 11.3 Å². The Labute approximate surface area is 166 Å². The summed E-state index contributed by atoms with van der Waals surface area (Å²) in [6, 6.07) is 7.28.